The number of hydrogen-bond donors (Lipinski definition) is 2. The lowest BCUT2D eigenvalue weighted by atomic mass is 9.70. The molecular formula is C25H29NO5. The summed E-state index contributed by atoms with van der Waals surface area (Å²) in [5.74, 6) is 0.697. The number of carbonyl (C=O) groups is 1. The average molecular weight is 424 g/mol. The van der Waals surface area contributed by atoms with E-state index in [4.69, 9.17) is 9.47 Å². The highest BCUT2D eigenvalue weighted by Crippen LogP contribution is 2.53. The first-order chi connectivity index (χ1) is 14.8. The van der Waals surface area contributed by atoms with Crippen LogP contribution in [0.25, 0.3) is 0 Å². The van der Waals surface area contributed by atoms with Crippen molar-refractivity contribution in [2.24, 2.45) is 11.8 Å². The molecule has 0 spiro atoms. The average Bonchev–Trinajstić information content (AvgIpc) is 2.72. The fraction of sp³-hybridized carbons (Fsp3) is 0.480. The molecule has 164 valence electrons. The molecule has 2 aromatic rings. The van der Waals surface area contributed by atoms with Gasteiger partial charge < -0.3 is 19.7 Å². The molecule has 0 saturated carbocycles. The fourth-order valence-corrected chi connectivity index (χ4v) is 5.57. The van der Waals surface area contributed by atoms with Crippen LogP contribution >= 0.6 is 0 Å². The number of nitrogens with zero attached hydrogens (tertiary/aromatic N) is 1. The van der Waals surface area contributed by atoms with Gasteiger partial charge in [-0.2, -0.15) is 0 Å². The zero-order valence-electron chi connectivity index (χ0n) is 18.0. The SMILES string of the molecule is CC1(C)Oc2cc(O)ccc2[C@@H]2O[C@@H]3CCN(Cc4cccc(C(=O)O)c4)C[C@H]3C[C@H]21. The highest BCUT2D eigenvalue weighted by molar-refractivity contribution is 5.87. The van der Waals surface area contributed by atoms with Gasteiger partial charge in [0.15, 0.2) is 0 Å². The summed E-state index contributed by atoms with van der Waals surface area (Å²) in [6, 6.07) is 12.6. The van der Waals surface area contributed by atoms with Crippen LogP contribution in [0.3, 0.4) is 0 Å². The molecule has 0 radical (unpaired) electrons. The summed E-state index contributed by atoms with van der Waals surface area (Å²) in [5, 5.41) is 19.1. The molecular weight excluding hydrogens is 394 g/mol. The number of rotatable bonds is 3. The molecule has 6 nitrogen and oxygen atoms in total. The Kier molecular flexibility index (Phi) is 4.94. The largest absolute Gasteiger partial charge is 0.508 e. The van der Waals surface area contributed by atoms with E-state index in [2.05, 4.69) is 18.7 Å². The summed E-state index contributed by atoms with van der Waals surface area (Å²) < 4.78 is 13.0. The smallest absolute Gasteiger partial charge is 0.335 e. The standard InChI is InChI=1S/C25H29NO5/c1-25(2)20-11-17-14-26(13-15-4-3-5-16(10-15)24(28)29)9-8-21(17)30-23(20)19-7-6-18(27)12-22(19)31-25/h3-7,10,12,17,20-21,23,27H,8-9,11,13-14H2,1-2H3,(H,28,29)/t17-,20-,21-,23+/m1/s1. The van der Waals surface area contributed by atoms with Crippen molar-refractivity contribution in [1.82, 2.24) is 4.90 Å². The lowest BCUT2D eigenvalue weighted by molar-refractivity contribution is -0.187. The van der Waals surface area contributed by atoms with Gasteiger partial charge in [-0.25, -0.2) is 4.79 Å². The monoisotopic (exact) mass is 423 g/mol. The molecule has 6 heteroatoms. The van der Waals surface area contributed by atoms with Crippen molar-refractivity contribution in [3.8, 4) is 11.5 Å². The maximum absolute atomic E-state index is 11.3. The van der Waals surface area contributed by atoms with Crippen LogP contribution in [0.4, 0.5) is 0 Å². The van der Waals surface area contributed by atoms with Gasteiger partial charge in [0.25, 0.3) is 0 Å². The number of piperidine rings is 1. The topological polar surface area (TPSA) is 79.2 Å². The fourth-order valence-electron chi connectivity index (χ4n) is 5.57. The van der Waals surface area contributed by atoms with Crippen molar-refractivity contribution in [1.29, 1.82) is 0 Å². The van der Waals surface area contributed by atoms with E-state index in [-0.39, 0.29) is 29.5 Å². The van der Waals surface area contributed by atoms with Crippen LogP contribution in [-0.4, -0.2) is 45.9 Å². The van der Waals surface area contributed by atoms with Crippen molar-refractivity contribution in [2.45, 2.75) is 51.0 Å². The molecule has 5 rings (SSSR count). The van der Waals surface area contributed by atoms with E-state index < -0.39 is 5.97 Å². The van der Waals surface area contributed by atoms with E-state index >= 15 is 0 Å². The number of aromatic hydroxyl groups is 1. The van der Waals surface area contributed by atoms with Crippen molar-refractivity contribution in [3.05, 3.63) is 59.2 Å². The third kappa shape index (κ3) is 3.79. The second-order valence-electron chi connectivity index (χ2n) is 9.65. The predicted molar refractivity (Wildman–Crippen MR) is 115 cm³/mol. The summed E-state index contributed by atoms with van der Waals surface area (Å²) in [5.41, 5.74) is 2.02. The Morgan fingerprint density at radius 1 is 1.23 bits per heavy atom. The summed E-state index contributed by atoms with van der Waals surface area (Å²) in [7, 11) is 0. The summed E-state index contributed by atoms with van der Waals surface area (Å²) >= 11 is 0. The number of likely N-dealkylation sites (tertiary alicyclic amines) is 1. The summed E-state index contributed by atoms with van der Waals surface area (Å²) in [4.78, 5) is 13.7. The Morgan fingerprint density at radius 2 is 2.06 bits per heavy atom. The lowest BCUT2D eigenvalue weighted by Gasteiger charge is -2.53. The Labute approximate surface area is 182 Å². The van der Waals surface area contributed by atoms with Gasteiger partial charge in [-0.3, -0.25) is 4.90 Å². The number of fused-ring (bicyclic) bond motifs is 4. The number of benzene rings is 2. The summed E-state index contributed by atoms with van der Waals surface area (Å²) in [6.07, 6.45) is 2.17. The molecule has 2 N–H and O–H groups in total. The van der Waals surface area contributed by atoms with Gasteiger partial charge in [-0.1, -0.05) is 12.1 Å². The first-order valence-corrected chi connectivity index (χ1v) is 11.0. The number of phenolic OH excluding ortho intramolecular Hbond substituents is 1. The summed E-state index contributed by atoms with van der Waals surface area (Å²) in [6.45, 7) is 6.83. The van der Waals surface area contributed by atoms with E-state index in [9.17, 15) is 15.0 Å². The van der Waals surface area contributed by atoms with Crippen LogP contribution in [0.15, 0.2) is 42.5 Å². The molecule has 0 bridgehead atoms. The molecule has 3 aliphatic rings. The molecule has 3 aliphatic heterocycles. The maximum Gasteiger partial charge on any atom is 0.335 e. The predicted octanol–water partition coefficient (Wildman–Crippen LogP) is 4.23. The number of aromatic carboxylic acids is 1. The van der Waals surface area contributed by atoms with E-state index in [1.165, 1.54) is 0 Å². The van der Waals surface area contributed by atoms with Crippen molar-refractivity contribution in [3.63, 3.8) is 0 Å². The third-order valence-corrected chi connectivity index (χ3v) is 7.14. The van der Waals surface area contributed by atoms with Crippen molar-refractivity contribution < 1.29 is 24.5 Å². The van der Waals surface area contributed by atoms with Crippen LogP contribution in [0.2, 0.25) is 0 Å². The second-order valence-corrected chi connectivity index (χ2v) is 9.65. The van der Waals surface area contributed by atoms with E-state index in [0.29, 0.717) is 11.5 Å². The van der Waals surface area contributed by atoms with Crippen LogP contribution in [-0.2, 0) is 11.3 Å². The van der Waals surface area contributed by atoms with Gasteiger partial charge >= 0.3 is 5.97 Å². The molecule has 2 aromatic carbocycles. The Hall–Kier alpha value is -2.57. The van der Waals surface area contributed by atoms with Crippen molar-refractivity contribution in [2.75, 3.05) is 13.1 Å². The molecule has 31 heavy (non-hydrogen) atoms. The third-order valence-electron chi connectivity index (χ3n) is 7.14. The van der Waals surface area contributed by atoms with E-state index in [1.807, 2.05) is 18.2 Å². The molecule has 0 amide bonds. The first kappa shape index (κ1) is 20.3. The minimum absolute atomic E-state index is 0.0144. The molecule has 4 atom stereocenters. The lowest BCUT2D eigenvalue weighted by Crippen LogP contribution is -2.55. The van der Waals surface area contributed by atoms with Crippen LogP contribution in [0, 0.1) is 11.8 Å². The molecule has 0 aliphatic carbocycles. The van der Waals surface area contributed by atoms with E-state index in [0.717, 1.165) is 49.4 Å². The van der Waals surface area contributed by atoms with Crippen LogP contribution in [0.5, 0.6) is 11.5 Å². The van der Waals surface area contributed by atoms with Crippen LogP contribution < -0.4 is 4.74 Å². The quantitative estimate of drug-likeness (QED) is 0.769. The number of phenols is 1. The Bertz CT molecular complexity index is 1000. The van der Waals surface area contributed by atoms with Gasteiger partial charge in [0.05, 0.1) is 17.8 Å². The van der Waals surface area contributed by atoms with Gasteiger partial charge in [0, 0.05) is 37.2 Å². The van der Waals surface area contributed by atoms with E-state index in [1.54, 1.807) is 24.3 Å². The Morgan fingerprint density at radius 3 is 2.87 bits per heavy atom. The normalized spacial score (nSPS) is 29.2. The zero-order valence-corrected chi connectivity index (χ0v) is 18.0. The number of ether oxygens (including phenoxy) is 2. The minimum Gasteiger partial charge on any atom is -0.508 e. The molecule has 0 unspecified atom stereocenters. The van der Waals surface area contributed by atoms with Gasteiger partial charge in [-0.05, 0) is 62.4 Å². The Balaban J connectivity index is 1.33. The second kappa shape index (κ2) is 7.53. The zero-order chi connectivity index (χ0) is 21.8. The number of hydrogen-bond acceptors (Lipinski definition) is 5. The molecule has 2 fully saturated rings. The number of carboxylic acid groups (broad SMARTS) is 1. The minimum atomic E-state index is -0.889. The highest BCUT2D eigenvalue weighted by atomic mass is 16.5. The van der Waals surface area contributed by atoms with Gasteiger partial charge in [0.1, 0.15) is 17.1 Å². The van der Waals surface area contributed by atoms with Gasteiger partial charge in [-0.15, -0.1) is 0 Å². The molecule has 0 aromatic heterocycles. The molecule has 2 saturated heterocycles. The maximum atomic E-state index is 11.3. The van der Waals surface area contributed by atoms with Gasteiger partial charge in [0.2, 0.25) is 0 Å². The highest BCUT2D eigenvalue weighted by Gasteiger charge is 2.51. The molecule has 3 heterocycles. The van der Waals surface area contributed by atoms with Crippen molar-refractivity contribution >= 4 is 5.97 Å². The van der Waals surface area contributed by atoms with Crippen LogP contribution in [0.1, 0.15) is 54.3 Å². The number of carboxylic acids is 1. The first-order valence-electron chi connectivity index (χ1n) is 11.0.